The highest BCUT2D eigenvalue weighted by molar-refractivity contribution is 5.39. The highest BCUT2D eigenvalue weighted by Gasteiger charge is 2.31. The molecule has 1 aliphatic rings. The fraction of sp³-hybridized carbons (Fsp3) is 0.625. The molecule has 0 saturated heterocycles. The Morgan fingerprint density at radius 2 is 2.00 bits per heavy atom. The minimum absolute atomic E-state index is 0.165. The summed E-state index contributed by atoms with van der Waals surface area (Å²) in [6, 6.07) is 8.26. The minimum Gasteiger partial charge on any atom is -0.493 e. The zero-order valence-corrected chi connectivity index (χ0v) is 12.4. The van der Waals surface area contributed by atoms with E-state index in [9.17, 15) is 5.11 Å². The second-order valence-electron chi connectivity index (χ2n) is 5.74. The Morgan fingerprint density at radius 3 is 2.60 bits per heavy atom. The molecule has 20 heavy (non-hydrogen) atoms. The lowest BCUT2D eigenvalue weighted by molar-refractivity contribution is 0.153. The third-order valence-corrected chi connectivity index (χ3v) is 3.68. The fourth-order valence-corrected chi connectivity index (χ4v) is 2.30. The van der Waals surface area contributed by atoms with Crippen molar-refractivity contribution in [1.29, 1.82) is 0 Å². The second-order valence-corrected chi connectivity index (χ2v) is 5.74. The summed E-state index contributed by atoms with van der Waals surface area (Å²) in [6.45, 7) is 2.87. The van der Waals surface area contributed by atoms with Crippen LogP contribution in [0.2, 0.25) is 0 Å². The first-order chi connectivity index (χ1) is 9.67. The molecule has 0 amide bonds. The number of benzene rings is 1. The molecule has 1 fully saturated rings. The summed E-state index contributed by atoms with van der Waals surface area (Å²) in [4.78, 5) is 0. The van der Waals surface area contributed by atoms with Crippen LogP contribution in [0.15, 0.2) is 24.3 Å². The Labute approximate surface area is 121 Å². The lowest BCUT2D eigenvalue weighted by Crippen LogP contribution is -2.47. The summed E-state index contributed by atoms with van der Waals surface area (Å²) in [7, 11) is 1.64. The average Bonchev–Trinajstić information content (AvgIpc) is 3.28. The highest BCUT2D eigenvalue weighted by Crippen LogP contribution is 2.27. The number of methoxy groups -OCH3 is 1. The van der Waals surface area contributed by atoms with E-state index in [1.165, 1.54) is 12.8 Å². The van der Waals surface area contributed by atoms with Gasteiger partial charge in [0.15, 0.2) is 11.5 Å². The molecule has 0 bridgehead atoms. The molecule has 1 aliphatic carbocycles. The van der Waals surface area contributed by atoms with Gasteiger partial charge >= 0.3 is 0 Å². The SMILES string of the molecule is COc1ccccc1OCCCC(C)(CO)NC1CC1. The molecule has 2 rings (SSSR count). The zero-order valence-electron chi connectivity index (χ0n) is 12.4. The van der Waals surface area contributed by atoms with E-state index in [2.05, 4.69) is 12.2 Å². The summed E-state index contributed by atoms with van der Waals surface area (Å²) in [5, 5.41) is 13.0. The molecule has 0 spiro atoms. The van der Waals surface area contributed by atoms with Gasteiger partial charge in [0.25, 0.3) is 0 Å². The van der Waals surface area contributed by atoms with Gasteiger partial charge < -0.3 is 19.9 Å². The number of aliphatic hydroxyl groups excluding tert-OH is 1. The van der Waals surface area contributed by atoms with Crippen LogP contribution >= 0.6 is 0 Å². The van der Waals surface area contributed by atoms with Crippen LogP contribution in [-0.2, 0) is 0 Å². The van der Waals surface area contributed by atoms with Crippen molar-refractivity contribution >= 4 is 0 Å². The van der Waals surface area contributed by atoms with Crippen LogP contribution in [0.1, 0.15) is 32.6 Å². The molecule has 4 heteroatoms. The predicted molar refractivity (Wildman–Crippen MR) is 79.4 cm³/mol. The van der Waals surface area contributed by atoms with Crippen molar-refractivity contribution < 1.29 is 14.6 Å². The Balaban J connectivity index is 1.74. The lowest BCUT2D eigenvalue weighted by Gasteiger charge is -2.29. The van der Waals surface area contributed by atoms with Gasteiger partial charge in [-0.25, -0.2) is 0 Å². The van der Waals surface area contributed by atoms with Gasteiger partial charge in [-0.1, -0.05) is 12.1 Å². The van der Waals surface area contributed by atoms with Gasteiger partial charge in [-0.2, -0.15) is 0 Å². The first kappa shape index (κ1) is 15.1. The zero-order chi connectivity index (χ0) is 14.4. The molecular formula is C16H25NO3. The largest absolute Gasteiger partial charge is 0.493 e. The van der Waals surface area contributed by atoms with E-state index < -0.39 is 0 Å². The molecule has 2 N–H and O–H groups in total. The maximum Gasteiger partial charge on any atom is 0.161 e. The highest BCUT2D eigenvalue weighted by atomic mass is 16.5. The van der Waals surface area contributed by atoms with E-state index >= 15 is 0 Å². The minimum atomic E-state index is -0.189. The topological polar surface area (TPSA) is 50.7 Å². The summed E-state index contributed by atoms with van der Waals surface area (Å²) in [5.74, 6) is 1.53. The third-order valence-electron chi connectivity index (χ3n) is 3.68. The molecule has 0 radical (unpaired) electrons. The average molecular weight is 279 g/mol. The van der Waals surface area contributed by atoms with Gasteiger partial charge in [0.05, 0.1) is 20.3 Å². The van der Waals surface area contributed by atoms with E-state index in [-0.39, 0.29) is 12.1 Å². The van der Waals surface area contributed by atoms with Gasteiger partial charge in [0.1, 0.15) is 0 Å². The molecule has 1 aromatic carbocycles. The third kappa shape index (κ3) is 4.39. The molecule has 1 saturated carbocycles. The Hall–Kier alpha value is -1.26. The molecule has 1 unspecified atom stereocenters. The van der Waals surface area contributed by atoms with Gasteiger partial charge in [-0.15, -0.1) is 0 Å². The maximum atomic E-state index is 9.54. The fourth-order valence-electron chi connectivity index (χ4n) is 2.30. The first-order valence-corrected chi connectivity index (χ1v) is 7.31. The van der Waals surface area contributed by atoms with Crippen LogP contribution in [0.25, 0.3) is 0 Å². The van der Waals surface area contributed by atoms with E-state index in [4.69, 9.17) is 9.47 Å². The molecule has 0 heterocycles. The van der Waals surface area contributed by atoms with Gasteiger partial charge in [0, 0.05) is 11.6 Å². The number of aliphatic hydroxyl groups is 1. The summed E-state index contributed by atoms with van der Waals surface area (Å²) < 4.78 is 11.0. The lowest BCUT2D eigenvalue weighted by atomic mass is 9.97. The van der Waals surface area contributed by atoms with Crippen LogP contribution in [-0.4, -0.2) is 37.0 Å². The predicted octanol–water partition coefficient (Wildman–Crippen LogP) is 2.36. The maximum absolute atomic E-state index is 9.54. The quantitative estimate of drug-likeness (QED) is 0.681. The summed E-state index contributed by atoms with van der Waals surface area (Å²) in [5.41, 5.74) is -0.189. The molecule has 112 valence electrons. The van der Waals surface area contributed by atoms with Crippen LogP contribution in [0, 0.1) is 0 Å². The van der Waals surface area contributed by atoms with Crippen molar-refractivity contribution in [3.63, 3.8) is 0 Å². The monoisotopic (exact) mass is 279 g/mol. The number of ether oxygens (including phenoxy) is 2. The first-order valence-electron chi connectivity index (χ1n) is 7.31. The number of hydrogen-bond acceptors (Lipinski definition) is 4. The van der Waals surface area contributed by atoms with Crippen LogP contribution in [0.4, 0.5) is 0 Å². The molecule has 0 aliphatic heterocycles. The van der Waals surface area contributed by atoms with Crippen LogP contribution in [0.5, 0.6) is 11.5 Å². The Morgan fingerprint density at radius 1 is 1.30 bits per heavy atom. The van der Waals surface area contributed by atoms with Crippen molar-refractivity contribution in [2.75, 3.05) is 20.3 Å². The Kier molecular flexibility index (Phi) is 5.26. The molecule has 0 aromatic heterocycles. The van der Waals surface area contributed by atoms with E-state index in [1.54, 1.807) is 7.11 Å². The molecule has 4 nitrogen and oxygen atoms in total. The second kappa shape index (κ2) is 6.95. The van der Waals surface area contributed by atoms with Crippen molar-refractivity contribution in [2.24, 2.45) is 0 Å². The van der Waals surface area contributed by atoms with Crippen molar-refractivity contribution in [3.05, 3.63) is 24.3 Å². The smallest absolute Gasteiger partial charge is 0.161 e. The van der Waals surface area contributed by atoms with Crippen LogP contribution in [0.3, 0.4) is 0 Å². The van der Waals surface area contributed by atoms with Gasteiger partial charge in [-0.3, -0.25) is 0 Å². The normalized spacial score (nSPS) is 17.6. The van der Waals surface area contributed by atoms with Gasteiger partial charge in [0.2, 0.25) is 0 Å². The molecular weight excluding hydrogens is 254 g/mol. The molecule has 1 aromatic rings. The van der Waals surface area contributed by atoms with Crippen molar-refractivity contribution in [1.82, 2.24) is 5.32 Å². The van der Waals surface area contributed by atoms with E-state index in [0.29, 0.717) is 12.6 Å². The van der Waals surface area contributed by atoms with Gasteiger partial charge in [-0.05, 0) is 44.7 Å². The number of hydrogen-bond donors (Lipinski definition) is 2. The van der Waals surface area contributed by atoms with E-state index in [1.807, 2.05) is 24.3 Å². The Bertz CT molecular complexity index is 420. The summed E-state index contributed by atoms with van der Waals surface area (Å²) >= 11 is 0. The number of nitrogens with one attached hydrogen (secondary N) is 1. The number of para-hydroxylation sites is 2. The standard InChI is InChI=1S/C16H25NO3/c1-16(12-18,17-13-8-9-13)10-5-11-20-15-7-4-3-6-14(15)19-2/h3-4,6-7,13,17-18H,5,8-12H2,1-2H3. The summed E-state index contributed by atoms with van der Waals surface area (Å²) in [6.07, 6.45) is 4.25. The van der Waals surface area contributed by atoms with E-state index in [0.717, 1.165) is 24.3 Å². The number of rotatable bonds is 9. The molecule has 1 atom stereocenters. The van der Waals surface area contributed by atoms with Crippen LogP contribution < -0.4 is 14.8 Å². The van der Waals surface area contributed by atoms with Crippen molar-refractivity contribution in [2.45, 2.75) is 44.2 Å². The van der Waals surface area contributed by atoms with Crippen molar-refractivity contribution in [3.8, 4) is 11.5 Å².